The second-order valence-corrected chi connectivity index (χ2v) is 7.59. The Morgan fingerprint density at radius 3 is 2.32 bits per heavy atom. The molecule has 28 heavy (non-hydrogen) atoms. The van der Waals surface area contributed by atoms with Crippen LogP contribution in [0.15, 0.2) is 42.5 Å². The quantitative estimate of drug-likeness (QED) is 0.834. The third kappa shape index (κ3) is 5.04. The lowest BCUT2D eigenvalue weighted by atomic mass is 10.0. The van der Waals surface area contributed by atoms with Crippen molar-refractivity contribution in [2.24, 2.45) is 0 Å². The normalized spacial score (nSPS) is 15.9. The van der Waals surface area contributed by atoms with E-state index >= 15 is 0 Å². The summed E-state index contributed by atoms with van der Waals surface area (Å²) in [6.45, 7) is 10.3. The highest BCUT2D eigenvalue weighted by atomic mass is 16.5. The van der Waals surface area contributed by atoms with Crippen LogP contribution in [0.1, 0.15) is 29.7 Å². The lowest BCUT2D eigenvalue weighted by Gasteiger charge is -2.36. The minimum Gasteiger partial charge on any atom is -0.497 e. The first-order valence-electron chi connectivity index (χ1n) is 9.94. The van der Waals surface area contributed by atoms with Crippen molar-refractivity contribution in [3.05, 3.63) is 59.2 Å². The third-order valence-electron chi connectivity index (χ3n) is 5.59. The van der Waals surface area contributed by atoms with Gasteiger partial charge in [0.1, 0.15) is 5.75 Å². The maximum absolute atomic E-state index is 12.5. The van der Waals surface area contributed by atoms with Gasteiger partial charge in [0.2, 0.25) is 5.91 Å². The zero-order valence-electron chi connectivity index (χ0n) is 17.4. The number of nitrogens with zero attached hydrogens (tertiary/aromatic N) is 2. The van der Waals surface area contributed by atoms with Crippen molar-refractivity contribution in [1.82, 2.24) is 10.2 Å². The Labute approximate surface area is 168 Å². The number of hydrogen-bond acceptors (Lipinski definition) is 4. The van der Waals surface area contributed by atoms with Crippen molar-refractivity contribution in [3.8, 4) is 5.75 Å². The van der Waals surface area contributed by atoms with Gasteiger partial charge >= 0.3 is 0 Å². The Hall–Kier alpha value is -2.53. The topological polar surface area (TPSA) is 44.8 Å². The van der Waals surface area contributed by atoms with Gasteiger partial charge in [-0.05, 0) is 61.7 Å². The molecule has 0 radical (unpaired) electrons. The molecule has 5 nitrogen and oxygen atoms in total. The molecule has 1 aliphatic heterocycles. The molecule has 1 atom stereocenters. The van der Waals surface area contributed by atoms with E-state index in [-0.39, 0.29) is 11.9 Å². The van der Waals surface area contributed by atoms with E-state index in [0.717, 1.165) is 37.5 Å². The van der Waals surface area contributed by atoms with E-state index in [4.69, 9.17) is 4.74 Å². The zero-order chi connectivity index (χ0) is 20.1. The Balaban J connectivity index is 1.47. The molecule has 150 valence electrons. The predicted octanol–water partition coefficient (Wildman–Crippen LogP) is 3.31. The Morgan fingerprint density at radius 1 is 1.04 bits per heavy atom. The van der Waals surface area contributed by atoms with Crippen LogP contribution in [-0.4, -0.2) is 50.6 Å². The maximum atomic E-state index is 12.5. The number of piperazine rings is 1. The average molecular weight is 382 g/mol. The van der Waals surface area contributed by atoms with Gasteiger partial charge in [-0.25, -0.2) is 0 Å². The molecular formula is C23H31N3O2. The van der Waals surface area contributed by atoms with Gasteiger partial charge in [-0.2, -0.15) is 0 Å². The van der Waals surface area contributed by atoms with Gasteiger partial charge < -0.3 is 15.0 Å². The molecule has 1 fully saturated rings. The highest BCUT2D eigenvalue weighted by molar-refractivity contribution is 5.78. The van der Waals surface area contributed by atoms with Gasteiger partial charge in [-0.3, -0.25) is 9.69 Å². The fraction of sp³-hybridized carbons (Fsp3) is 0.435. The second kappa shape index (κ2) is 9.11. The van der Waals surface area contributed by atoms with Crippen LogP contribution in [0.3, 0.4) is 0 Å². The summed E-state index contributed by atoms with van der Waals surface area (Å²) in [6.07, 6.45) is 0. The van der Waals surface area contributed by atoms with Crippen LogP contribution in [-0.2, 0) is 4.79 Å². The molecule has 1 amide bonds. The minimum absolute atomic E-state index is 0.0207. The third-order valence-corrected chi connectivity index (χ3v) is 5.59. The summed E-state index contributed by atoms with van der Waals surface area (Å²) in [5, 5.41) is 3.14. The fourth-order valence-electron chi connectivity index (χ4n) is 3.56. The first-order chi connectivity index (χ1) is 13.5. The zero-order valence-corrected chi connectivity index (χ0v) is 17.4. The molecule has 1 N–H and O–H groups in total. The minimum atomic E-state index is 0.0207. The molecule has 0 saturated carbocycles. The standard InChI is InChI=1S/C23H31N3O2/c1-17-5-6-20(15-18(17)2)19(3)24-23(27)16-25-11-13-26(14-12-25)21-7-9-22(28-4)10-8-21/h5-10,15,19H,11-14,16H2,1-4H3,(H,24,27)/t19-/m1/s1. The first kappa shape index (κ1) is 20.2. The maximum Gasteiger partial charge on any atom is 0.234 e. The van der Waals surface area contributed by atoms with E-state index in [9.17, 15) is 4.79 Å². The SMILES string of the molecule is COc1ccc(N2CCN(CC(=O)N[C@H](C)c3ccc(C)c(C)c3)CC2)cc1. The number of amides is 1. The monoisotopic (exact) mass is 381 g/mol. The number of ether oxygens (including phenoxy) is 1. The van der Waals surface area contributed by atoms with E-state index < -0.39 is 0 Å². The van der Waals surface area contributed by atoms with Crippen molar-refractivity contribution in [2.45, 2.75) is 26.8 Å². The number of methoxy groups -OCH3 is 1. The van der Waals surface area contributed by atoms with Crippen LogP contribution in [0.5, 0.6) is 5.75 Å². The van der Waals surface area contributed by atoms with E-state index in [0.29, 0.717) is 6.54 Å². The van der Waals surface area contributed by atoms with E-state index in [1.807, 2.05) is 19.1 Å². The number of benzene rings is 2. The van der Waals surface area contributed by atoms with Gasteiger partial charge in [0.15, 0.2) is 0 Å². The molecule has 0 aliphatic carbocycles. The molecule has 0 bridgehead atoms. The van der Waals surface area contributed by atoms with Crippen LogP contribution in [0.4, 0.5) is 5.69 Å². The fourth-order valence-corrected chi connectivity index (χ4v) is 3.56. The van der Waals surface area contributed by atoms with E-state index in [1.165, 1.54) is 16.8 Å². The van der Waals surface area contributed by atoms with Crippen molar-refractivity contribution < 1.29 is 9.53 Å². The molecule has 1 saturated heterocycles. The summed E-state index contributed by atoms with van der Waals surface area (Å²) in [7, 11) is 1.68. The largest absolute Gasteiger partial charge is 0.497 e. The van der Waals surface area contributed by atoms with Crippen LogP contribution < -0.4 is 15.0 Å². The van der Waals surface area contributed by atoms with E-state index in [1.54, 1.807) is 7.11 Å². The molecule has 1 aliphatic rings. The van der Waals surface area contributed by atoms with Gasteiger partial charge in [-0.15, -0.1) is 0 Å². The summed E-state index contributed by atoms with van der Waals surface area (Å²) < 4.78 is 5.22. The number of carbonyl (C=O) groups excluding carboxylic acids is 1. The van der Waals surface area contributed by atoms with Crippen LogP contribution >= 0.6 is 0 Å². The van der Waals surface area contributed by atoms with Gasteiger partial charge in [-0.1, -0.05) is 18.2 Å². The average Bonchev–Trinajstić information content (AvgIpc) is 2.70. The van der Waals surface area contributed by atoms with Gasteiger partial charge in [0.25, 0.3) is 0 Å². The van der Waals surface area contributed by atoms with Crippen molar-refractivity contribution in [2.75, 3.05) is 44.7 Å². The first-order valence-corrected chi connectivity index (χ1v) is 9.94. The van der Waals surface area contributed by atoms with Crippen molar-refractivity contribution in [1.29, 1.82) is 0 Å². The van der Waals surface area contributed by atoms with Gasteiger partial charge in [0.05, 0.1) is 19.7 Å². The van der Waals surface area contributed by atoms with Crippen molar-refractivity contribution >= 4 is 11.6 Å². The van der Waals surface area contributed by atoms with Crippen LogP contribution in [0.25, 0.3) is 0 Å². The molecular weight excluding hydrogens is 350 g/mol. The highest BCUT2D eigenvalue weighted by Gasteiger charge is 2.20. The van der Waals surface area contributed by atoms with Gasteiger partial charge in [0, 0.05) is 31.9 Å². The summed E-state index contributed by atoms with van der Waals surface area (Å²) in [5.74, 6) is 0.959. The molecule has 0 unspecified atom stereocenters. The summed E-state index contributed by atoms with van der Waals surface area (Å²) in [4.78, 5) is 17.1. The molecule has 3 rings (SSSR count). The molecule has 0 aromatic heterocycles. The molecule has 1 heterocycles. The molecule has 2 aromatic rings. The Kier molecular flexibility index (Phi) is 6.57. The van der Waals surface area contributed by atoms with Crippen molar-refractivity contribution in [3.63, 3.8) is 0 Å². The highest BCUT2D eigenvalue weighted by Crippen LogP contribution is 2.21. The predicted molar refractivity (Wildman–Crippen MR) is 114 cm³/mol. The number of carbonyl (C=O) groups is 1. The van der Waals surface area contributed by atoms with Crippen LogP contribution in [0, 0.1) is 13.8 Å². The number of hydrogen-bond donors (Lipinski definition) is 1. The molecule has 0 spiro atoms. The Bertz CT molecular complexity index is 796. The number of rotatable bonds is 6. The lowest BCUT2D eigenvalue weighted by Crippen LogP contribution is -2.49. The second-order valence-electron chi connectivity index (χ2n) is 7.59. The summed E-state index contributed by atoms with van der Waals surface area (Å²) in [5.41, 5.74) is 4.89. The summed E-state index contributed by atoms with van der Waals surface area (Å²) in [6, 6.07) is 14.6. The Morgan fingerprint density at radius 2 is 1.71 bits per heavy atom. The smallest absolute Gasteiger partial charge is 0.234 e. The van der Waals surface area contributed by atoms with Crippen LogP contribution in [0.2, 0.25) is 0 Å². The molecule has 2 aromatic carbocycles. The lowest BCUT2D eigenvalue weighted by molar-refractivity contribution is -0.123. The number of aryl methyl sites for hydroxylation is 2. The van der Waals surface area contributed by atoms with E-state index in [2.05, 4.69) is 59.3 Å². The molecule has 5 heteroatoms. The number of nitrogens with one attached hydrogen (secondary N) is 1. The summed E-state index contributed by atoms with van der Waals surface area (Å²) >= 11 is 0. The number of anilines is 1.